The minimum Gasteiger partial charge on any atom is -0.460 e. The third-order valence-corrected chi connectivity index (χ3v) is 4.88. The summed E-state index contributed by atoms with van der Waals surface area (Å²) in [6.45, 7) is 3.75. The number of halogens is 1. The predicted octanol–water partition coefficient (Wildman–Crippen LogP) is 6.02. The van der Waals surface area contributed by atoms with Crippen molar-refractivity contribution in [2.45, 2.75) is 13.8 Å². The van der Waals surface area contributed by atoms with Crippen molar-refractivity contribution in [2.24, 2.45) is 0 Å². The Bertz CT molecular complexity index is 1160. The van der Waals surface area contributed by atoms with Gasteiger partial charge in [-0.15, -0.1) is 0 Å². The summed E-state index contributed by atoms with van der Waals surface area (Å²) in [5.74, 6) is 1.20. The highest BCUT2D eigenvalue weighted by Gasteiger charge is 2.16. The highest BCUT2D eigenvalue weighted by molar-refractivity contribution is 6.31. The monoisotopic (exact) mass is 376 g/mol. The van der Waals surface area contributed by atoms with E-state index in [1.54, 1.807) is 12.1 Å². The highest BCUT2D eigenvalue weighted by atomic mass is 35.5. The highest BCUT2D eigenvalue weighted by Crippen LogP contribution is 2.28. The summed E-state index contributed by atoms with van der Waals surface area (Å²) in [6, 6.07) is 18.5. The van der Waals surface area contributed by atoms with Crippen molar-refractivity contribution in [1.82, 2.24) is 4.98 Å². The number of benzene rings is 2. The van der Waals surface area contributed by atoms with Crippen LogP contribution in [0.1, 0.15) is 21.7 Å². The molecule has 0 spiro atoms. The van der Waals surface area contributed by atoms with Crippen LogP contribution in [0.25, 0.3) is 22.4 Å². The molecule has 0 saturated carbocycles. The summed E-state index contributed by atoms with van der Waals surface area (Å²) >= 11 is 6.17. The number of carbonyl (C=O) groups is 1. The van der Waals surface area contributed by atoms with Crippen molar-refractivity contribution in [3.8, 4) is 11.5 Å². The first kappa shape index (κ1) is 17.3. The van der Waals surface area contributed by atoms with Gasteiger partial charge in [0.05, 0.1) is 11.1 Å². The number of furan rings is 1. The Kier molecular flexibility index (Phi) is 4.42. The minimum atomic E-state index is -0.219. The Morgan fingerprint density at radius 2 is 1.85 bits per heavy atom. The second-order valence-electron chi connectivity index (χ2n) is 6.35. The zero-order chi connectivity index (χ0) is 19.0. The van der Waals surface area contributed by atoms with E-state index < -0.39 is 0 Å². The van der Waals surface area contributed by atoms with Gasteiger partial charge < -0.3 is 9.73 Å². The van der Waals surface area contributed by atoms with Gasteiger partial charge in [0.25, 0.3) is 5.91 Å². The Labute approximate surface area is 161 Å². The van der Waals surface area contributed by atoms with E-state index in [2.05, 4.69) is 10.3 Å². The minimum absolute atomic E-state index is 0.219. The zero-order valence-electron chi connectivity index (χ0n) is 14.9. The van der Waals surface area contributed by atoms with Crippen LogP contribution in [0, 0.1) is 13.8 Å². The van der Waals surface area contributed by atoms with Gasteiger partial charge in [0.1, 0.15) is 11.5 Å². The lowest BCUT2D eigenvalue weighted by molar-refractivity contribution is 0.102. The molecule has 2 aromatic carbocycles. The molecule has 27 heavy (non-hydrogen) atoms. The SMILES string of the molecule is Cc1ccc(-c2cc(C(=O)Nc3cccc(Cl)c3C)c3ccccc3n2)o1. The number of fused-ring (bicyclic) bond motifs is 1. The van der Waals surface area contributed by atoms with Crippen LogP contribution in [0.15, 0.2) is 65.1 Å². The molecule has 0 unspecified atom stereocenters. The van der Waals surface area contributed by atoms with E-state index in [-0.39, 0.29) is 5.91 Å². The van der Waals surface area contributed by atoms with Gasteiger partial charge in [-0.3, -0.25) is 4.79 Å². The van der Waals surface area contributed by atoms with Gasteiger partial charge >= 0.3 is 0 Å². The quantitative estimate of drug-likeness (QED) is 0.475. The molecule has 1 N–H and O–H groups in total. The van der Waals surface area contributed by atoms with E-state index in [4.69, 9.17) is 16.0 Å². The van der Waals surface area contributed by atoms with E-state index >= 15 is 0 Å². The molecule has 0 radical (unpaired) electrons. The maximum Gasteiger partial charge on any atom is 0.256 e. The number of pyridine rings is 1. The Morgan fingerprint density at radius 3 is 2.63 bits per heavy atom. The van der Waals surface area contributed by atoms with E-state index in [1.807, 2.05) is 62.4 Å². The molecule has 0 atom stereocenters. The van der Waals surface area contributed by atoms with Crippen LogP contribution >= 0.6 is 11.6 Å². The van der Waals surface area contributed by atoms with Crippen molar-refractivity contribution in [3.05, 3.63) is 82.6 Å². The molecule has 0 bridgehead atoms. The van der Waals surface area contributed by atoms with Crippen molar-refractivity contribution < 1.29 is 9.21 Å². The number of para-hydroxylation sites is 1. The molecule has 134 valence electrons. The Morgan fingerprint density at radius 1 is 1.04 bits per heavy atom. The molecule has 1 amide bonds. The number of nitrogens with zero attached hydrogens (tertiary/aromatic N) is 1. The Hall–Kier alpha value is -3.11. The number of rotatable bonds is 3. The largest absolute Gasteiger partial charge is 0.460 e. The molecule has 2 aromatic heterocycles. The lowest BCUT2D eigenvalue weighted by atomic mass is 10.1. The average Bonchev–Trinajstić information content (AvgIpc) is 3.11. The van der Waals surface area contributed by atoms with E-state index in [1.165, 1.54) is 0 Å². The van der Waals surface area contributed by atoms with Crippen LogP contribution in [-0.4, -0.2) is 10.9 Å². The molecule has 5 heteroatoms. The fraction of sp³-hybridized carbons (Fsp3) is 0.0909. The first-order valence-electron chi connectivity index (χ1n) is 8.56. The third kappa shape index (κ3) is 3.32. The number of amides is 1. The first-order valence-corrected chi connectivity index (χ1v) is 8.94. The molecule has 2 heterocycles. The van der Waals surface area contributed by atoms with E-state index in [9.17, 15) is 4.79 Å². The maximum absolute atomic E-state index is 13.1. The van der Waals surface area contributed by atoms with Gasteiger partial charge in [0.15, 0.2) is 5.76 Å². The fourth-order valence-electron chi connectivity index (χ4n) is 2.99. The molecular formula is C22H17ClN2O2. The third-order valence-electron chi connectivity index (χ3n) is 4.47. The average molecular weight is 377 g/mol. The summed E-state index contributed by atoms with van der Waals surface area (Å²) in [5.41, 5.74) is 3.40. The summed E-state index contributed by atoms with van der Waals surface area (Å²) in [5, 5.41) is 4.35. The van der Waals surface area contributed by atoms with Crippen molar-refractivity contribution in [3.63, 3.8) is 0 Å². The molecule has 4 rings (SSSR count). The van der Waals surface area contributed by atoms with E-state index in [0.29, 0.717) is 27.7 Å². The normalized spacial score (nSPS) is 10.9. The van der Waals surface area contributed by atoms with Crippen LogP contribution in [0.3, 0.4) is 0 Å². The number of hydrogen-bond acceptors (Lipinski definition) is 3. The van der Waals surface area contributed by atoms with Crippen molar-refractivity contribution in [2.75, 3.05) is 5.32 Å². The fourth-order valence-corrected chi connectivity index (χ4v) is 3.17. The lowest BCUT2D eigenvalue weighted by Crippen LogP contribution is -2.14. The number of aromatic nitrogens is 1. The molecule has 0 aliphatic carbocycles. The smallest absolute Gasteiger partial charge is 0.256 e. The topological polar surface area (TPSA) is 55.1 Å². The second kappa shape index (κ2) is 6.89. The molecule has 4 aromatic rings. The number of carbonyl (C=O) groups excluding carboxylic acids is 1. The van der Waals surface area contributed by atoms with Crippen LogP contribution in [0.2, 0.25) is 5.02 Å². The van der Waals surface area contributed by atoms with Crippen LogP contribution in [0.5, 0.6) is 0 Å². The van der Waals surface area contributed by atoms with Crippen LogP contribution < -0.4 is 5.32 Å². The number of anilines is 1. The predicted molar refractivity (Wildman–Crippen MR) is 108 cm³/mol. The number of aryl methyl sites for hydroxylation is 1. The lowest BCUT2D eigenvalue weighted by Gasteiger charge is -2.12. The van der Waals surface area contributed by atoms with Crippen LogP contribution in [0.4, 0.5) is 5.69 Å². The van der Waals surface area contributed by atoms with Gasteiger partial charge in [-0.1, -0.05) is 35.9 Å². The Balaban J connectivity index is 1.82. The summed E-state index contributed by atoms with van der Waals surface area (Å²) in [4.78, 5) is 17.7. The molecule has 0 fully saturated rings. The number of hydrogen-bond donors (Lipinski definition) is 1. The van der Waals surface area contributed by atoms with Crippen molar-refractivity contribution >= 4 is 34.1 Å². The van der Waals surface area contributed by atoms with Gasteiger partial charge in [-0.2, -0.15) is 0 Å². The summed E-state index contributed by atoms with van der Waals surface area (Å²) in [7, 11) is 0. The molecular weight excluding hydrogens is 360 g/mol. The van der Waals surface area contributed by atoms with E-state index in [0.717, 1.165) is 22.2 Å². The van der Waals surface area contributed by atoms with Gasteiger partial charge in [-0.05, 0) is 55.8 Å². The molecule has 0 aliphatic heterocycles. The van der Waals surface area contributed by atoms with Gasteiger partial charge in [-0.25, -0.2) is 4.98 Å². The molecule has 0 aliphatic rings. The van der Waals surface area contributed by atoms with Crippen LogP contribution in [-0.2, 0) is 0 Å². The van der Waals surface area contributed by atoms with Gasteiger partial charge in [0, 0.05) is 16.1 Å². The summed E-state index contributed by atoms with van der Waals surface area (Å²) < 4.78 is 5.69. The van der Waals surface area contributed by atoms with Gasteiger partial charge in [0.2, 0.25) is 0 Å². The summed E-state index contributed by atoms with van der Waals surface area (Å²) in [6.07, 6.45) is 0. The standard InChI is InChI=1S/C22H17ClN2O2/c1-13-10-11-21(27-13)20-12-16(15-6-3-4-8-19(15)24-20)22(26)25-18-9-5-7-17(23)14(18)2/h3-12H,1-2H3,(H,25,26). The van der Waals surface area contributed by atoms with Crippen molar-refractivity contribution in [1.29, 1.82) is 0 Å². The first-order chi connectivity index (χ1) is 13.0. The second-order valence-corrected chi connectivity index (χ2v) is 6.76. The molecule has 0 saturated heterocycles. The maximum atomic E-state index is 13.1. The molecule has 4 nitrogen and oxygen atoms in total. The number of nitrogens with one attached hydrogen (secondary N) is 1. The zero-order valence-corrected chi connectivity index (χ0v) is 15.7.